The smallest absolute Gasteiger partial charge is 0.121 e. The molecule has 0 aromatic carbocycles. The highest BCUT2D eigenvalue weighted by Gasteiger charge is 2.36. The molecule has 1 saturated heterocycles. The first-order chi connectivity index (χ1) is 4.52. The van der Waals surface area contributed by atoms with Crippen molar-refractivity contribution in [2.24, 2.45) is 5.41 Å². The van der Waals surface area contributed by atoms with Crippen molar-refractivity contribution in [1.29, 1.82) is 0 Å². The zero-order valence-corrected chi connectivity index (χ0v) is 8.01. The minimum absolute atomic E-state index is 0.431. The molecule has 0 aliphatic carbocycles. The van der Waals surface area contributed by atoms with Gasteiger partial charge in [-0.25, -0.2) is 5.01 Å². The van der Waals surface area contributed by atoms with Crippen LogP contribution in [0.3, 0.4) is 0 Å². The van der Waals surface area contributed by atoms with Crippen LogP contribution >= 0.6 is 11.9 Å². The summed E-state index contributed by atoms with van der Waals surface area (Å²) >= 11 is 1.83. The summed E-state index contributed by atoms with van der Waals surface area (Å²) in [6.07, 6.45) is 0. The fraction of sp³-hybridized carbons (Fsp3) is 1.00. The Morgan fingerprint density at radius 3 is 2.30 bits per heavy atom. The van der Waals surface area contributed by atoms with Gasteiger partial charge in [0, 0.05) is 5.41 Å². The lowest BCUT2D eigenvalue weighted by atomic mass is 9.88. The second-order valence-electron chi connectivity index (χ2n) is 4.01. The topological polar surface area (TPSA) is 16.5 Å². The second-order valence-corrected chi connectivity index (χ2v) is 4.84. The Labute approximate surface area is 67.5 Å². The van der Waals surface area contributed by atoms with Crippen LogP contribution in [0.4, 0.5) is 0 Å². The fourth-order valence-electron chi connectivity index (χ4n) is 1.33. The molecule has 0 aromatic rings. The molecule has 1 fully saturated rings. The zero-order chi connectivity index (χ0) is 7.78. The van der Waals surface area contributed by atoms with Gasteiger partial charge in [-0.05, 0) is 11.9 Å². The maximum absolute atomic E-state index is 3.31. The van der Waals surface area contributed by atoms with Crippen molar-refractivity contribution in [3.63, 3.8) is 0 Å². The Balaban J connectivity index is 2.55. The number of hydrogen-bond donors (Lipinski definition) is 2. The van der Waals surface area contributed by atoms with Crippen molar-refractivity contribution in [3.8, 4) is 0 Å². The van der Waals surface area contributed by atoms with E-state index in [-0.39, 0.29) is 0 Å². The van der Waals surface area contributed by atoms with Gasteiger partial charge >= 0.3 is 0 Å². The molecule has 2 unspecified atom stereocenters. The van der Waals surface area contributed by atoms with Crippen LogP contribution in [0.25, 0.3) is 0 Å². The molecule has 3 heteroatoms. The molecule has 1 aliphatic heterocycles. The second kappa shape index (κ2) is 2.72. The average Bonchev–Trinajstić information content (AvgIpc) is 2.11. The Kier molecular flexibility index (Phi) is 2.28. The van der Waals surface area contributed by atoms with Crippen LogP contribution in [0.2, 0.25) is 0 Å². The van der Waals surface area contributed by atoms with E-state index in [9.17, 15) is 0 Å². The van der Waals surface area contributed by atoms with E-state index in [0.29, 0.717) is 5.41 Å². The predicted octanol–water partition coefficient (Wildman–Crippen LogP) is 0.0822. The number of hydrogen-bond acceptors (Lipinski definition) is 2. The van der Waals surface area contributed by atoms with Gasteiger partial charge in [-0.15, -0.1) is 4.83 Å². The summed E-state index contributed by atoms with van der Waals surface area (Å²) in [5.41, 5.74) is 0.431. The summed E-state index contributed by atoms with van der Waals surface area (Å²) in [7, 11) is 2.19. The van der Waals surface area contributed by atoms with E-state index in [1.54, 1.807) is 0 Å². The third-order valence-electron chi connectivity index (χ3n) is 2.05. The average molecular weight is 161 g/mol. The first-order valence-corrected chi connectivity index (χ1v) is 4.71. The summed E-state index contributed by atoms with van der Waals surface area (Å²) in [4.78, 5) is 3.31. The van der Waals surface area contributed by atoms with Gasteiger partial charge in [-0.2, -0.15) is 0 Å². The van der Waals surface area contributed by atoms with Gasteiger partial charge in [0.1, 0.15) is 6.04 Å². The van der Waals surface area contributed by atoms with E-state index in [4.69, 9.17) is 0 Å². The molecule has 10 heavy (non-hydrogen) atoms. The maximum Gasteiger partial charge on any atom is 0.121 e. The van der Waals surface area contributed by atoms with Gasteiger partial charge < -0.3 is 0 Å². The standard InChI is InChI=1S/C7H16N2S/c1-7(2,3)6-5-10-8-9(6)4/h6,8H,5H2,1-4H3/p+1. The van der Waals surface area contributed by atoms with Gasteiger partial charge in [0.05, 0.1) is 12.8 Å². The lowest BCUT2D eigenvalue weighted by Crippen LogP contribution is -3.17. The van der Waals surface area contributed by atoms with Gasteiger partial charge in [0.15, 0.2) is 0 Å². The van der Waals surface area contributed by atoms with Crippen LogP contribution in [0.5, 0.6) is 0 Å². The molecule has 0 radical (unpaired) electrons. The van der Waals surface area contributed by atoms with Crippen LogP contribution < -0.4 is 9.84 Å². The highest BCUT2D eigenvalue weighted by atomic mass is 32.2. The summed E-state index contributed by atoms with van der Waals surface area (Å²) in [6.45, 7) is 6.90. The van der Waals surface area contributed by atoms with Gasteiger partial charge in [0.25, 0.3) is 0 Å². The van der Waals surface area contributed by atoms with Gasteiger partial charge in [-0.1, -0.05) is 20.8 Å². The Hall–Kier alpha value is 0.270. The SMILES string of the molecule is C[NH+]1NSCC1C(C)(C)C. The fourth-order valence-corrected chi connectivity index (χ4v) is 2.70. The quantitative estimate of drug-likeness (QED) is 0.490. The molecule has 2 N–H and O–H groups in total. The van der Waals surface area contributed by atoms with E-state index in [1.165, 1.54) is 10.8 Å². The van der Waals surface area contributed by atoms with E-state index in [0.717, 1.165) is 6.04 Å². The number of nitrogens with one attached hydrogen (secondary N) is 2. The van der Waals surface area contributed by atoms with Crippen LogP contribution in [-0.2, 0) is 0 Å². The normalized spacial score (nSPS) is 34.8. The molecule has 1 aliphatic rings. The molecule has 1 rings (SSSR count). The summed E-state index contributed by atoms with van der Waals surface area (Å²) in [5.74, 6) is 1.23. The van der Waals surface area contributed by atoms with Crippen LogP contribution in [0, 0.1) is 5.41 Å². The van der Waals surface area contributed by atoms with Gasteiger partial charge in [-0.3, -0.25) is 0 Å². The third kappa shape index (κ3) is 1.65. The molecular weight excluding hydrogens is 144 g/mol. The number of rotatable bonds is 0. The van der Waals surface area contributed by atoms with Crippen molar-refractivity contribution in [2.45, 2.75) is 26.8 Å². The Bertz CT molecular complexity index is 119. The molecule has 1 heterocycles. The van der Waals surface area contributed by atoms with E-state index >= 15 is 0 Å². The minimum Gasteiger partial charge on any atom is -0.246 e. The molecule has 2 nitrogen and oxygen atoms in total. The Morgan fingerprint density at radius 2 is 2.10 bits per heavy atom. The molecule has 0 amide bonds. The first-order valence-electron chi connectivity index (χ1n) is 3.73. The van der Waals surface area contributed by atoms with Crippen LogP contribution in [-0.4, -0.2) is 18.8 Å². The summed E-state index contributed by atoms with van der Waals surface area (Å²) in [6, 6.07) is 0.748. The highest BCUT2D eigenvalue weighted by molar-refractivity contribution is 7.97. The molecule has 0 spiro atoms. The summed E-state index contributed by atoms with van der Waals surface area (Å²) in [5, 5.41) is 1.44. The van der Waals surface area contributed by atoms with Crippen molar-refractivity contribution >= 4 is 11.9 Å². The van der Waals surface area contributed by atoms with Gasteiger partial charge in [0.2, 0.25) is 0 Å². The molecular formula is C7H17N2S+. The monoisotopic (exact) mass is 161 g/mol. The lowest BCUT2D eigenvalue weighted by Gasteiger charge is -2.27. The minimum atomic E-state index is 0.431. The lowest BCUT2D eigenvalue weighted by molar-refractivity contribution is -0.933. The number of quaternary nitrogens is 1. The van der Waals surface area contributed by atoms with Crippen molar-refractivity contribution in [1.82, 2.24) is 4.83 Å². The maximum atomic E-state index is 3.31. The molecule has 60 valence electrons. The molecule has 0 saturated carbocycles. The molecule has 0 bridgehead atoms. The van der Waals surface area contributed by atoms with Crippen molar-refractivity contribution in [2.75, 3.05) is 12.8 Å². The first kappa shape index (κ1) is 8.37. The van der Waals surface area contributed by atoms with Crippen molar-refractivity contribution < 1.29 is 5.01 Å². The van der Waals surface area contributed by atoms with Crippen LogP contribution in [0.15, 0.2) is 0 Å². The predicted molar refractivity (Wildman–Crippen MR) is 45.7 cm³/mol. The van der Waals surface area contributed by atoms with Crippen LogP contribution in [0.1, 0.15) is 20.8 Å². The van der Waals surface area contributed by atoms with E-state index in [1.807, 2.05) is 11.9 Å². The van der Waals surface area contributed by atoms with E-state index in [2.05, 4.69) is 32.6 Å². The third-order valence-corrected chi connectivity index (χ3v) is 3.02. The Morgan fingerprint density at radius 1 is 1.50 bits per heavy atom. The molecule has 2 atom stereocenters. The zero-order valence-electron chi connectivity index (χ0n) is 7.19. The van der Waals surface area contributed by atoms with Crippen molar-refractivity contribution in [3.05, 3.63) is 0 Å². The largest absolute Gasteiger partial charge is 0.246 e. The summed E-state index contributed by atoms with van der Waals surface area (Å²) < 4.78 is 0. The molecule has 0 aromatic heterocycles. The highest BCUT2D eigenvalue weighted by Crippen LogP contribution is 2.21. The van der Waals surface area contributed by atoms with E-state index < -0.39 is 0 Å².